The molecule has 0 saturated heterocycles. The Morgan fingerprint density at radius 2 is 1.53 bits per heavy atom. The maximum absolute atomic E-state index is 13.6. The van der Waals surface area contributed by atoms with E-state index in [-0.39, 0.29) is 21.7 Å². The van der Waals surface area contributed by atoms with Crippen molar-refractivity contribution in [1.29, 1.82) is 0 Å². The zero-order valence-electron chi connectivity index (χ0n) is 16.5. The molecular formula is C23H17FN2O5S. The molecule has 1 aliphatic heterocycles. The number of benzene rings is 3. The SMILES string of the molecule is NC(=O)c1ccc(N2C(=O)C(O)=C(S(=O)(=O)c3ccccc3)C2c2ccc(F)cc2)cc1. The highest BCUT2D eigenvalue weighted by molar-refractivity contribution is 7.95. The van der Waals surface area contributed by atoms with Crippen molar-refractivity contribution in [3.63, 3.8) is 0 Å². The van der Waals surface area contributed by atoms with Gasteiger partial charge in [-0.3, -0.25) is 14.5 Å². The minimum Gasteiger partial charge on any atom is -0.502 e. The molecule has 7 nitrogen and oxygen atoms in total. The summed E-state index contributed by atoms with van der Waals surface area (Å²) in [7, 11) is -4.29. The van der Waals surface area contributed by atoms with Crippen molar-refractivity contribution >= 4 is 27.3 Å². The molecule has 1 heterocycles. The van der Waals surface area contributed by atoms with Gasteiger partial charge < -0.3 is 10.8 Å². The predicted octanol–water partition coefficient (Wildman–Crippen LogP) is 3.26. The second-order valence-corrected chi connectivity index (χ2v) is 8.99. The molecule has 4 rings (SSSR count). The molecule has 0 saturated carbocycles. The average molecular weight is 452 g/mol. The van der Waals surface area contributed by atoms with Crippen LogP contribution in [0, 0.1) is 5.82 Å². The zero-order valence-corrected chi connectivity index (χ0v) is 17.3. The number of aliphatic hydroxyl groups excluding tert-OH is 1. The first kappa shape index (κ1) is 21.3. The van der Waals surface area contributed by atoms with Gasteiger partial charge in [-0.05, 0) is 54.1 Å². The number of hydrogen-bond acceptors (Lipinski definition) is 5. The van der Waals surface area contributed by atoms with Gasteiger partial charge in [0.1, 0.15) is 16.8 Å². The lowest BCUT2D eigenvalue weighted by molar-refractivity contribution is -0.117. The van der Waals surface area contributed by atoms with Gasteiger partial charge in [-0.2, -0.15) is 0 Å². The molecule has 0 radical (unpaired) electrons. The Hall–Kier alpha value is -3.98. The number of carbonyl (C=O) groups is 2. The molecular weight excluding hydrogens is 435 g/mol. The Morgan fingerprint density at radius 3 is 2.09 bits per heavy atom. The number of sulfone groups is 1. The number of primary amides is 1. The standard InChI is InChI=1S/C23H17FN2O5S/c24-16-10-6-14(7-11-16)19-21(32(30,31)18-4-2-1-3-5-18)20(27)23(29)26(19)17-12-8-15(9-13-17)22(25)28/h1-13,19,27H,(H2,25,28). The number of amides is 2. The Kier molecular flexibility index (Phi) is 5.27. The third-order valence-electron chi connectivity index (χ3n) is 5.12. The summed E-state index contributed by atoms with van der Waals surface area (Å²) in [6, 6.07) is 16.7. The summed E-state index contributed by atoms with van der Waals surface area (Å²) in [6.07, 6.45) is 0. The highest BCUT2D eigenvalue weighted by Gasteiger charge is 2.47. The highest BCUT2D eigenvalue weighted by atomic mass is 32.2. The van der Waals surface area contributed by atoms with Gasteiger partial charge in [-0.1, -0.05) is 30.3 Å². The van der Waals surface area contributed by atoms with E-state index < -0.39 is 44.2 Å². The minimum absolute atomic E-state index is 0.104. The van der Waals surface area contributed by atoms with Gasteiger partial charge >= 0.3 is 0 Å². The van der Waals surface area contributed by atoms with Crippen LogP contribution in [0.4, 0.5) is 10.1 Å². The Labute approximate surface area is 183 Å². The van der Waals surface area contributed by atoms with Crippen LogP contribution in [-0.4, -0.2) is 25.3 Å². The van der Waals surface area contributed by atoms with E-state index in [2.05, 4.69) is 0 Å². The second kappa shape index (κ2) is 7.93. The van der Waals surface area contributed by atoms with Crippen LogP contribution < -0.4 is 10.6 Å². The number of halogens is 1. The van der Waals surface area contributed by atoms with E-state index in [1.165, 1.54) is 60.7 Å². The van der Waals surface area contributed by atoms with E-state index in [0.717, 1.165) is 17.0 Å². The number of aliphatic hydroxyl groups is 1. The lowest BCUT2D eigenvalue weighted by Crippen LogP contribution is -2.31. The number of nitrogens with two attached hydrogens (primary N) is 1. The zero-order chi connectivity index (χ0) is 23.0. The van der Waals surface area contributed by atoms with E-state index in [0.29, 0.717) is 0 Å². The van der Waals surface area contributed by atoms with E-state index in [9.17, 15) is 27.5 Å². The van der Waals surface area contributed by atoms with Gasteiger partial charge in [0, 0.05) is 11.3 Å². The molecule has 1 unspecified atom stereocenters. The van der Waals surface area contributed by atoms with Gasteiger partial charge in [0.05, 0.1) is 4.90 Å². The molecule has 2 amide bonds. The van der Waals surface area contributed by atoms with Crippen LogP contribution in [0.1, 0.15) is 22.0 Å². The molecule has 3 aromatic carbocycles. The Morgan fingerprint density at radius 1 is 0.938 bits per heavy atom. The van der Waals surface area contributed by atoms with Crippen LogP contribution in [0.5, 0.6) is 0 Å². The fourth-order valence-corrected chi connectivity index (χ4v) is 5.23. The summed E-state index contributed by atoms with van der Waals surface area (Å²) in [6.45, 7) is 0. The largest absolute Gasteiger partial charge is 0.502 e. The van der Waals surface area contributed by atoms with Gasteiger partial charge in [0.25, 0.3) is 5.91 Å². The topological polar surface area (TPSA) is 118 Å². The smallest absolute Gasteiger partial charge is 0.295 e. The van der Waals surface area contributed by atoms with Crippen LogP contribution in [0.25, 0.3) is 0 Å². The molecule has 0 aromatic heterocycles. The summed E-state index contributed by atoms with van der Waals surface area (Å²) in [5, 5.41) is 10.7. The number of nitrogens with zero attached hydrogens (tertiary/aromatic N) is 1. The number of anilines is 1. The van der Waals surface area contributed by atoms with Crippen molar-refractivity contribution in [3.8, 4) is 0 Å². The maximum atomic E-state index is 13.6. The van der Waals surface area contributed by atoms with Gasteiger partial charge in [-0.15, -0.1) is 0 Å². The summed E-state index contributed by atoms with van der Waals surface area (Å²) in [5.74, 6) is -3.09. The third kappa shape index (κ3) is 3.52. The average Bonchev–Trinajstić information content (AvgIpc) is 3.06. The molecule has 32 heavy (non-hydrogen) atoms. The quantitative estimate of drug-likeness (QED) is 0.616. The molecule has 9 heteroatoms. The maximum Gasteiger partial charge on any atom is 0.295 e. The summed E-state index contributed by atoms with van der Waals surface area (Å²) < 4.78 is 40.4. The number of hydrogen-bond donors (Lipinski definition) is 2. The van der Waals surface area contributed by atoms with Gasteiger partial charge in [-0.25, -0.2) is 12.8 Å². The van der Waals surface area contributed by atoms with Crippen molar-refractivity contribution in [1.82, 2.24) is 0 Å². The Bertz CT molecular complexity index is 1340. The van der Waals surface area contributed by atoms with Gasteiger partial charge in [0.2, 0.25) is 15.7 Å². The first-order valence-corrected chi connectivity index (χ1v) is 10.9. The van der Waals surface area contributed by atoms with Crippen LogP contribution in [-0.2, 0) is 14.6 Å². The van der Waals surface area contributed by atoms with E-state index >= 15 is 0 Å². The predicted molar refractivity (Wildman–Crippen MR) is 115 cm³/mol. The molecule has 0 aliphatic carbocycles. The van der Waals surface area contributed by atoms with Crippen molar-refractivity contribution in [3.05, 3.63) is 106 Å². The fourth-order valence-electron chi connectivity index (χ4n) is 3.58. The van der Waals surface area contributed by atoms with Crippen molar-refractivity contribution < 1.29 is 27.5 Å². The van der Waals surface area contributed by atoms with Crippen LogP contribution in [0.2, 0.25) is 0 Å². The number of rotatable bonds is 5. The van der Waals surface area contributed by atoms with Crippen molar-refractivity contribution in [2.75, 3.05) is 4.90 Å². The molecule has 1 atom stereocenters. The van der Waals surface area contributed by atoms with Crippen LogP contribution >= 0.6 is 0 Å². The summed E-state index contributed by atoms with van der Waals surface area (Å²) >= 11 is 0. The minimum atomic E-state index is -4.29. The molecule has 0 spiro atoms. The third-order valence-corrected chi connectivity index (χ3v) is 7.01. The normalized spacial score (nSPS) is 16.5. The molecule has 0 bridgehead atoms. The first-order chi connectivity index (χ1) is 15.2. The van der Waals surface area contributed by atoms with Crippen LogP contribution in [0.15, 0.2) is 94.4 Å². The lowest BCUT2D eigenvalue weighted by atomic mass is 10.1. The number of carbonyl (C=O) groups excluding carboxylic acids is 2. The molecule has 162 valence electrons. The van der Waals surface area contributed by atoms with Gasteiger partial charge in [0.15, 0.2) is 5.76 Å². The second-order valence-electron chi connectivity index (χ2n) is 7.07. The van der Waals surface area contributed by atoms with E-state index in [4.69, 9.17) is 5.73 Å². The fraction of sp³-hybridized carbons (Fsp3) is 0.0435. The van der Waals surface area contributed by atoms with E-state index in [1.807, 2.05) is 0 Å². The van der Waals surface area contributed by atoms with E-state index in [1.54, 1.807) is 6.07 Å². The monoisotopic (exact) mass is 452 g/mol. The van der Waals surface area contributed by atoms with Crippen molar-refractivity contribution in [2.24, 2.45) is 5.73 Å². The molecule has 1 aliphatic rings. The highest BCUT2D eigenvalue weighted by Crippen LogP contribution is 2.44. The lowest BCUT2D eigenvalue weighted by Gasteiger charge is -2.27. The van der Waals surface area contributed by atoms with Crippen molar-refractivity contribution in [2.45, 2.75) is 10.9 Å². The summed E-state index contributed by atoms with van der Waals surface area (Å²) in [4.78, 5) is 24.9. The molecule has 0 fully saturated rings. The first-order valence-electron chi connectivity index (χ1n) is 9.44. The van der Waals surface area contributed by atoms with Crippen LogP contribution in [0.3, 0.4) is 0 Å². The molecule has 3 aromatic rings. The summed E-state index contributed by atoms with van der Waals surface area (Å²) in [5.41, 5.74) is 5.94. The Balaban J connectivity index is 1.91. The molecule has 3 N–H and O–H groups in total.